The van der Waals surface area contributed by atoms with Crippen LogP contribution >= 0.6 is 0 Å². The Bertz CT molecular complexity index is 518. The lowest BCUT2D eigenvalue weighted by atomic mass is 10.0. The summed E-state index contributed by atoms with van der Waals surface area (Å²) in [5.74, 6) is 5.64. The Morgan fingerprint density at radius 1 is 1.33 bits per heavy atom. The van der Waals surface area contributed by atoms with E-state index in [0.29, 0.717) is 38.5 Å². The Kier molecular flexibility index (Phi) is 8.14. The van der Waals surface area contributed by atoms with Gasteiger partial charge in [-0.3, -0.25) is 4.79 Å². The maximum absolute atomic E-state index is 12.1. The van der Waals surface area contributed by atoms with Crippen LogP contribution in [-0.4, -0.2) is 45.9 Å². The van der Waals surface area contributed by atoms with E-state index in [0.717, 1.165) is 11.1 Å². The Balaban J connectivity index is 2.54. The smallest absolute Gasteiger partial charge is 0.251 e. The molecular weight excluding hydrogens is 268 g/mol. The first kappa shape index (κ1) is 17.2. The van der Waals surface area contributed by atoms with E-state index in [1.165, 1.54) is 0 Å². The number of methoxy groups -OCH3 is 1. The van der Waals surface area contributed by atoms with E-state index in [1.54, 1.807) is 13.2 Å². The molecule has 5 heteroatoms. The minimum atomic E-state index is -0.126. The third-order valence-corrected chi connectivity index (χ3v) is 2.87. The molecule has 5 nitrogen and oxygen atoms in total. The summed E-state index contributed by atoms with van der Waals surface area (Å²) in [6.45, 7) is 4.17. The fourth-order valence-corrected chi connectivity index (χ4v) is 1.74. The van der Waals surface area contributed by atoms with Crippen LogP contribution in [0.25, 0.3) is 0 Å². The summed E-state index contributed by atoms with van der Waals surface area (Å²) in [6.07, 6.45) is 0. The second kappa shape index (κ2) is 9.94. The number of ether oxygens (including phenoxy) is 2. The van der Waals surface area contributed by atoms with Crippen LogP contribution in [-0.2, 0) is 9.47 Å². The number of nitrogens with two attached hydrogens (primary N) is 1. The van der Waals surface area contributed by atoms with Crippen LogP contribution in [0.2, 0.25) is 0 Å². The Hall–Kier alpha value is -1.87. The molecule has 0 saturated heterocycles. The number of hydrogen-bond donors (Lipinski definition) is 2. The standard InChI is InChI=1S/C16H22N2O3/c1-13-14(6-4-8-17)5-3-7-15(13)16(19)18-9-10-21-12-11-20-2/h3,5,7H,8-12,17H2,1-2H3,(H,18,19). The van der Waals surface area contributed by atoms with Crippen molar-refractivity contribution >= 4 is 5.91 Å². The zero-order valence-corrected chi connectivity index (χ0v) is 12.6. The minimum absolute atomic E-state index is 0.126. The predicted octanol–water partition coefficient (Wildman–Crippen LogP) is 0.698. The molecule has 1 aromatic carbocycles. The van der Waals surface area contributed by atoms with Gasteiger partial charge in [-0.1, -0.05) is 17.9 Å². The number of nitrogens with one attached hydrogen (secondary N) is 1. The van der Waals surface area contributed by atoms with E-state index in [4.69, 9.17) is 15.2 Å². The molecule has 21 heavy (non-hydrogen) atoms. The van der Waals surface area contributed by atoms with E-state index in [-0.39, 0.29) is 5.91 Å². The molecule has 0 aromatic heterocycles. The van der Waals surface area contributed by atoms with E-state index in [1.807, 2.05) is 19.1 Å². The second-order valence-corrected chi connectivity index (χ2v) is 4.35. The van der Waals surface area contributed by atoms with Crippen molar-refractivity contribution in [2.45, 2.75) is 6.92 Å². The van der Waals surface area contributed by atoms with Crippen molar-refractivity contribution in [1.82, 2.24) is 5.32 Å². The van der Waals surface area contributed by atoms with Crippen molar-refractivity contribution in [3.63, 3.8) is 0 Å². The van der Waals surface area contributed by atoms with Gasteiger partial charge in [-0.25, -0.2) is 0 Å². The molecule has 0 atom stereocenters. The van der Waals surface area contributed by atoms with Crippen molar-refractivity contribution in [2.75, 3.05) is 40.0 Å². The summed E-state index contributed by atoms with van der Waals surface area (Å²) in [5.41, 5.74) is 7.67. The molecule has 1 rings (SSSR count). The predicted molar refractivity (Wildman–Crippen MR) is 82.1 cm³/mol. The normalized spacial score (nSPS) is 9.86. The highest BCUT2D eigenvalue weighted by Gasteiger charge is 2.10. The lowest BCUT2D eigenvalue weighted by Crippen LogP contribution is -2.28. The highest BCUT2D eigenvalue weighted by molar-refractivity contribution is 5.96. The molecule has 1 amide bonds. The number of rotatable bonds is 7. The number of hydrogen-bond acceptors (Lipinski definition) is 4. The minimum Gasteiger partial charge on any atom is -0.382 e. The van der Waals surface area contributed by atoms with Gasteiger partial charge < -0.3 is 20.5 Å². The summed E-state index contributed by atoms with van der Waals surface area (Å²) < 4.78 is 10.2. The van der Waals surface area contributed by atoms with Crippen LogP contribution in [0.5, 0.6) is 0 Å². The molecule has 0 aliphatic rings. The maximum Gasteiger partial charge on any atom is 0.251 e. The van der Waals surface area contributed by atoms with Crippen LogP contribution in [0.3, 0.4) is 0 Å². The van der Waals surface area contributed by atoms with Crippen LogP contribution < -0.4 is 11.1 Å². The monoisotopic (exact) mass is 290 g/mol. The number of carbonyl (C=O) groups excluding carboxylic acids is 1. The zero-order valence-electron chi connectivity index (χ0n) is 12.6. The molecule has 0 aliphatic carbocycles. The molecule has 0 saturated carbocycles. The van der Waals surface area contributed by atoms with Gasteiger partial charge in [0.2, 0.25) is 0 Å². The topological polar surface area (TPSA) is 73.6 Å². The van der Waals surface area contributed by atoms with E-state index in [9.17, 15) is 4.79 Å². The molecular formula is C16H22N2O3. The summed E-state index contributed by atoms with van der Waals surface area (Å²) in [6, 6.07) is 5.48. The maximum atomic E-state index is 12.1. The summed E-state index contributed by atoms with van der Waals surface area (Å²) in [7, 11) is 1.62. The second-order valence-electron chi connectivity index (χ2n) is 4.35. The lowest BCUT2D eigenvalue weighted by Gasteiger charge is -2.09. The Morgan fingerprint density at radius 2 is 2.14 bits per heavy atom. The van der Waals surface area contributed by atoms with Gasteiger partial charge in [0.15, 0.2) is 0 Å². The summed E-state index contributed by atoms with van der Waals surface area (Å²) >= 11 is 0. The Labute approximate surface area is 125 Å². The molecule has 3 N–H and O–H groups in total. The molecule has 0 bridgehead atoms. The average Bonchev–Trinajstić information content (AvgIpc) is 2.49. The molecule has 1 aromatic rings. The lowest BCUT2D eigenvalue weighted by molar-refractivity contribution is 0.0692. The average molecular weight is 290 g/mol. The van der Waals surface area contributed by atoms with E-state index < -0.39 is 0 Å². The first-order valence-corrected chi connectivity index (χ1v) is 6.84. The molecule has 0 spiro atoms. The van der Waals surface area contributed by atoms with Gasteiger partial charge in [0.25, 0.3) is 5.91 Å². The quantitative estimate of drug-likeness (QED) is 0.572. The number of amides is 1. The molecule has 0 fully saturated rings. The van der Waals surface area contributed by atoms with Crippen molar-refractivity contribution in [1.29, 1.82) is 0 Å². The van der Waals surface area contributed by atoms with Gasteiger partial charge in [0.1, 0.15) is 0 Å². The zero-order chi connectivity index (χ0) is 15.5. The van der Waals surface area contributed by atoms with Crippen molar-refractivity contribution in [3.8, 4) is 11.8 Å². The molecule has 114 valence electrons. The first-order valence-electron chi connectivity index (χ1n) is 6.84. The van der Waals surface area contributed by atoms with Crippen LogP contribution in [0.4, 0.5) is 0 Å². The van der Waals surface area contributed by atoms with Crippen molar-refractivity contribution in [2.24, 2.45) is 5.73 Å². The van der Waals surface area contributed by atoms with Gasteiger partial charge in [-0.2, -0.15) is 0 Å². The molecule has 0 radical (unpaired) electrons. The third kappa shape index (κ3) is 5.96. The highest BCUT2D eigenvalue weighted by atomic mass is 16.5. The van der Waals surface area contributed by atoms with Crippen LogP contribution in [0.1, 0.15) is 21.5 Å². The first-order chi connectivity index (χ1) is 10.2. The highest BCUT2D eigenvalue weighted by Crippen LogP contribution is 2.12. The Morgan fingerprint density at radius 3 is 2.86 bits per heavy atom. The van der Waals surface area contributed by atoms with Crippen LogP contribution in [0, 0.1) is 18.8 Å². The van der Waals surface area contributed by atoms with E-state index in [2.05, 4.69) is 17.2 Å². The van der Waals surface area contributed by atoms with Gasteiger partial charge in [-0.05, 0) is 24.6 Å². The third-order valence-electron chi connectivity index (χ3n) is 2.87. The fraction of sp³-hybridized carbons (Fsp3) is 0.438. The van der Waals surface area contributed by atoms with Crippen LogP contribution in [0.15, 0.2) is 18.2 Å². The fourth-order valence-electron chi connectivity index (χ4n) is 1.74. The van der Waals surface area contributed by atoms with Gasteiger partial charge in [0.05, 0.1) is 26.4 Å². The molecule has 0 heterocycles. The van der Waals surface area contributed by atoms with E-state index >= 15 is 0 Å². The molecule has 0 aliphatic heterocycles. The van der Waals surface area contributed by atoms with Gasteiger partial charge >= 0.3 is 0 Å². The number of carbonyl (C=O) groups is 1. The van der Waals surface area contributed by atoms with Gasteiger partial charge in [0, 0.05) is 24.8 Å². The van der Waals surface area contributed by atoms with Crippen molar-refractivity contribution in [3.05, 3.63) is 34.9 Å². The number of benzene rings is 1. The summed E-state index contributed by atoms with van der Waals surface area (Å²) in [4.78, 5) is 12.1. The molecule has 0 unspecified atom stereocenters. The van der Waals surface area contributed by atoms with Gasteiger partial charge in [-0.15, -0.1) is 0 Å². The summed E-state index contributed by atoms with van der Waals surface area (Å²) in [5, 5.41) is 2.82. The SMILES string of the molecule is COCCOCCNC(=O)c1cccc(C#CCN)c1C. The van der Waals surface area contributed by atoms with Crippen molar-refractivity contribution < 1.29 is 14.3 Å². The largest absolute Gasteiger partial charge is 0.382 e.